The predicted octanol–water partition coefficient (Wildman–Crippen LogP) is 3.32. The SMILES string of the molecule is CN1CCC(CN2CCC3(CC2)CC(N2CCO[C@@H](C(C)(C)C)C2)C3)CC1. The molecule has 3 heterocycles. The zero-order valence-corrected chi connectivity index (χ0v) is 18.4. The number of rotatable bonds is 3. The van der Waals surface area contributed by atoms with E-state index in [0.29, 0.717) is 11.5 Å². The number of piperidine rings is 2. The molecule has 0 amide bonds. The van der Waals surface area contributed by atoms with Gasteiger partial charge in [-0.05, 0) is 88.5 Å². The Morgan fingerprint density at radius 3 is 2.26 bits per heavy atom. The van der Waals surface area contributed by atoms with Crippen LogP contribution in [-0.2, 0) is 4.74 Å². The summed E-state index contributed by atoms with van der Waals surface area (Å²) in [6.07, 6.45) is 9.02. The highest BCUT2D eigenvalue weighted by Gasteiger charge is 2.49. The summed E-state index contributed by atoms with van der Waals surface area (Å²) in [5.74, 6) is 0.951. The van der Waals surface area contributed by atoms with Gasteiger partial charge in [0, 0.05) is 25.7 Å². The first-order valence-corrected chi connectivity index (χ1v) is 11.6. The third kappa shape index (κ3) is 4.71. The van der Waals surface area contributed by atoms with Crippen molar-refractivity contribution in [2.75, 3.05) is 59.5 Å². The minimum absolute atomic E-state index is 0.263. The quantitative estimate of drug-likeness (QED) is 0.751. The second-order valence-corrected chi connectivity index (χ2v) is 11.3. The van der Waals surface area contributed by atoms with E-state index in [2.05, 4.69) is 42.5 Å². The molecule has 4 rings (SSSR count). The summed E-state index contributed by atoms with van der Waals surface area (Å²) >= 11 is 0. The second kappa shape index (κ2) is 7.93. The maximum absolute atomic E-state index is 6.07. The fourth-order valence-corrected chi connectivity index (χ4v) is 5.95. The molecule has 3 aliphatic heterocycles. The van der Waals surface area contributed by atoms with Crippen molar-refractivity contribution in [3.05, 3.63) is 0 Å². The van der Waals surface area contributed by atoms with Crippen molar-refractivity contribution < 1.29 is 4.74 Å². The highest BCUT2D eigenvalue weighted by molar-refractivity contribution is 5.02. The molecule has 1 atom stereocenters. The summed E-state index contributed by atoms with van der Waals surface area (Å²) < 4.78 is 6.07. The molecule has 27 heavy (non-hydrogen) atoms. The average molecular weight is 378 g/mol. The smallest absolute Gasteiger partial charge is 0.0750 e. The van der Waals surface area contributed by atoms with Crippen LogP contribution in [-0.4, -0.2) is 86.3 Å². The molecule has 0 unspecified atom stereocenters. The van der Waals surface area contributed by atoms with Crippen LogP contribution in [0.1, 0.15) is 59.3 Å². The Balaban J connectivity index is 1.20. The number of hydrogen-bond acceptors (Lipinski definition) is 4. The Kier molecular flexibility index (Phi) is 5.91. The fourth-order valence-electron chi connectivity index (χ4n) is 5.95. The molecule has 0 aromatic carbocycles. The van der Waals surface area contributed by atoms with Crippen LogP contribution < -0.4 is 0 Å². The van der Waals surface area contributed by atoms with Crippen molar-refractivity contribution in [1.82, 2.24) is 14.7 Å². The molecule has 1 saturated carbocycles. The van der Waals surface area contributed by atoms with Crippen molar-refractivity contribution in [2.45, 2.75) is 71.4 Å². The first-order chi connectivity index (χ1) is 12.8. The first kappa shape index (κ1) is 20.1. The lowest BCUT2D eigenvalue weighted by Gasteiger charge is -2.57. The molecular weight excluding hydrogens is 334 g/mol. The average Bonchev–Trinajstić information content (AvgIpc) is 2.62. The minimum Gasteiger partial charge on any atom is -0.375 e. The molecule has 4 aliphatic rings. The summed E-state index contributed by atoms with van der Waals surface area (Å²) in [5.41, 5.74) is 0.947. The van der Waals surface area contributed by atoms with Crippen molar-refractivity contribution >= 4 is 0 Å². The van der Waals surface area contributed by atoms with Crippen LogP contribution in [0, 0.1) is 16.7 Å². The fraction of sp³-hybridized carbons (Fsp3) is 1.00. The van der Waals surface area contributed by atoms with Crippen LogP contribution in [0.5, 0.6) is 0 Å². The van der Waals surface area contributed by atoms with E-state index >= 15 is 0 Å². The van der Waals surface area contributed by atoms with E-state index in [1.807, 2.05) is 0 Å². The van der Waals surface area contributed by atoms with Gasteiger partial charge in [0.05, 0.1) is 12.7 Å². The van der Waals surface area contributed by atoms with E-state index in [9.17, 15) is 0 Å². The van der Waals surface area contributed by atoms with E-state index in [0.717, 1.165) is 31.7 Å². The normalized spacial score (nSPS) is 32.7. The number of morpholine rings is 1. The summed E-state index contributed by atoms with van der Waals surface area (Å²) in [6, 6.07) is 0.833. The standard InChI is InChI=1S/C23H43N3O/c1-22(2,3)21-18-26(13-14-27-21)20-15-23(16-20)7-11-25(12-8-23)17-19-5-9-24(4)10-6-19/h19-21H,5-18H2,1-4H3/t21-/m1/s1. The maximum Gasteiger partial charge on any atom is 0.0750 e. The molecule has 156 valence electrons. The van der Waals surface area contributed by atoms with Gasteiger partial charge in [-0.15, -0.1) is 0 Å². The highest BCUT2D eigenvalue weighted by atomic mass is 16.5. The van der Waals surface area contributed by atoms with Gasteiger partial charge in [0.25, 0.3) is 0 Å². The van der Waals surface area contributed by atoms with Crippen LogP contribution in [0.25, 0.3) is 0 Å². The molecule has 1 aliphatic carbocycles. The third-order valence-electron chi connectivity index (χ3n) is 8.19. The topological polar surface area (TPSA) is 19.0 Å². The van der Waals surface area contributed by atoms with Gasteiger partial charge in [-0.25, -0.2) is 0 Å². The Labute approximate surface area is 167 Å². The van der Waals surface area contributed by atoms with Gasteiger partial charge < -0.3 is 14.5 Å². The monoisotopic (exact) mass is 377 g/mol. The van der Waals surface area contributed by atoms with Crippen LogP contribution >= 0.6 is 0 Å². The third-order valence-corrected chi connectivity index (χ3v) is 8.19. The summed E-state index contributed by atoms with van der Waals surface area (Å²) in [7, 11) is 2.27. The molecule has 0 aromatic heterocycles. The van der Waals surface area contributed by atoms with E-state index in [-0.39, 0.29) is 5.41 Å². The van der Waals surface area contributed by atoms with Gasteiger partial charge in [0.2, 0.25) is 0 Å². The summed E-state index contributed by atoms with van der Waals surface area (Å²) in [5, 5.41) is 0. The Morgan fingerprint density at radius 2 is 1.63 bits per heavy atom. The van der Waals surface area contributed by atoms with Crippen molar-refractivity contribution in [3.63, 3.8) is 0 Å². The lowest BCUT2D eigenvalue weighted by Crippen LogP contribution is -2.59. The van der Waals surface area contributed by atoms with E-state index in [1.54, 1.807) is 0 Å². The molecular formula is C23H43N3O. The van der Waals surface area contributed by atoms with Gasteiger partial charge in [-0.2, -0.15) is 0 Å². The molecule has 0 aromatic rings. The van der Waals surface area contributed by atoms with Crippen LogP contribution in [0.2, 0.25) is 0 Å². The molecule has 3 saturated heterocycles. The summed E-state index contributed by atoms with van der Waals surface area (Å²) in [4.78, 5) is 8.04. The van der Waals surface area contributed by atoms with Gasteiger partial charge in [0.1, 0.15) is 0 Å². The molecule has 4 fully saturated rings. The molecule has 4 nitrogen and oxygen atoms in total. The molecule has 0 N–H and O–H groups in total. The number of ether oxygens (including phenoxy) is 1. The van der Waals surface area contributed by atoms with Crippen LogP contribution in [0.4, 0.5) is 0 Å². The van der Waals surface area contributed by atoms with Gasteiger partial charge >= 0.3 is 0 Å². The Bertz CT molecular complexity index is 478. The van der Waals surface area contributed by atoms with E-state index in [1.165, 1.54) is 71.2 Å². The predicted molar refractivity (Wildman–Crippen MR) is 112 cm³/mol. The molecule has 1 spiro atoms. The molecule has 0 radical (unpaired) electrons. The lowest BCUT2D eigenvalue weighted by molar-refractivity contribution is -0.124. The number of nitrogens with zero attached hydrogens (tertiary/aromatic N) is 3. The second-order valence-electron chi connectivity index (χ2n) is 11.3. The Morgan fingerprint density at radius 1 is 0.963 bits per heavy atom. The zero-order valence-electron chi connectivity index (χ0n) is 18.4. The number of likely N-dealkylation sites (tertiary alicyclic amines) is 2. The number of hydrogen-bond donors (Lipinski definition) is 0. The van der Waals surface area contributed by atoms with Crippen molar-refractivity contribution in [3.8, 4) is 0 Å². The van der Waals surface area contributed by atoms with Crippen molar-refractivity contribution in [1.29, 1.82) is 0 Å². The molecule has 4 heteroatoms. The largest absolute Gasteiger partial charge is 0.375 e. The lowest BCUT2D eigenvalue weighted by atomic mass is 9.59. The van der Waals surface area contributed by atoms with Crippen LogP contribution in [0.15, 0.2) is 0 Å². The van der Waals surface area contributed by atoms with Crippen LogP contribution in [0.3, 0.4) is 0 Å². The first-order valence-electron chi connectivity index (χ1n) is 11.6. The Hall–Kier alpha value is -0.160. The van der Waals surface area contributed by atoms with Gasteiger partial charge in [-0.3, -0.25) is 4.90 Å². The molecule has 0 bridgehead atoms. The van der Waals surface area contributed by atoms with E-state index < -0.39 is 0 Å². The van der Waals surface area contributed by atoms with E-state index in [4.69, 9.17) is 4.74 Å². The maximum atomic E-state index is 6.07. The zero-order chi connectivity index (χ0) is 19.1. The van der Waals surface area contributed by atoms with Gasteiger partial charge in [0.15, 0.2) is 0 Å². The van der Waals surface area contributed by atoms with Crippen molar-refractivity contribution in [2.24, 2.45) is 16.7 Å². The van der Waals surface area contributed by atoms with Gasteiger partial charge in [-0.1, -0.05) is 20.8 Å². The summed E-state index contributed by atoms with van der Waals surface area (Å²) in [6.45, 7) is 16.9. The minimum atomic E-state index is 0.263. The highest BCUT2D eigenvalue weighted by Crippen LogP contribution is 2.51.